The molecule has 3 aliphatic rings. The van der Waals surface area contributed by atoms with Crippen molar-refractivity contribution >= 4 is 34.9 Å². The van der Waals surface area contributed by atoms with Crippen molar-refractivity contribution in [3.8, 4) is 0 Å². The fourth-order valence-electron chi connectivity index (χ4n) is 6.49. The number of imidazole rings is 1. The molecule has 5 rings (SSSR count). The highest BCUT2D eigenvalue weighted by atomic mass is 16.5. The van der Waals surface area contributed by atoms with Crippen LogP contribution in [0.15, 0.2) is 0 Å². The summed E-state index contributed by atoms with van der Waals surface area (Å²) in [6, 6.07) is 0.404. The number of fused-ring (bicyclic) bond motifs is 1. The molecular formula is C29H46N8O3. The summed E-state index contributed by atoms with van der Waals surface area (Å²) >= 11 is 0. The zero-order chi connectivity index (χ0) is 28.4. The second-order valence-corrected chi connectivity index (χ2v) is 12.7. The molecule has 0 aromatic carbocycles. The highest BCUT2D eigenvalue weighted by molar-refractivity contribution is 6.03. The maximum atomic E-state index is 11.3. The Morgan fingerprint density at radius 2 is 1.88 bits per heavy atom. The van der Waals surface area contributed by atoms with Crippen LogP contribution in [0, 0.1) is 29.1 Å². The third-order valence-electron chi connectivity index (χ3n) is 9.06. The van der Waals surface area contributed by atoms with Gasteiger partial charge in [-0.2, -0.15) is 4.98 Å². The van der Waals surface area contributed by atoms with Crippen LogP contribution in [0.3, 0.4) is 0 Å². The number of nitrogens with one attached hydrogen (secondary N) is 3. The SMILES string of the molecule is CC(C)CC1COCCN1c1nc2nc(C(=N)NC(=O)O)nc(N[C@H](C)C3CCC3)c2n1C[C@H]1CC[C@H](C)CC1. The van der Waals surface area contributed by atoms with Crippen LogP contribution in [0.5, 0.6) is 0 Å². The number of amidine groups is 1. The predicted octanol–water partition coefficient (Wildman–Crippen LogP) is 5.10. The van der Waals surface area contributed by atoms with Gasteiger partial charge >= 0.3 is 6.09 Å². The zero-order valence-corrected chi connectivity index (χ0v) is 24.4. The van der Waals surface area contributed by atoms with E-state index in [1.54, 1.807) is 0 Å². The predicted molar refractivity (Wildman–Crippen MR) is 156 cm³/mol. The van der Waals surface area contributed by atoms with Crippen LogP contribution in [-0.2, 0) is 11.3 Å². The van der Waals surface area contributed by atoms with Gasteiger partial charge in [0.1, 0.15) is 5.52 Å². The summed E-state index contributed by atoms with van der Waals surface area (Å²) in [6.07, 6.45) is 8.14. The third kappa shape index (κ3) is 6.34. The number of amides is 1. The molecule has 1 saturated heterocycles. The molecule has 11 nitrogen and oxygen atoms in total. The van der Waals surface area contributed by atoms with Gasteiger partial charge in [-0.25, -0.2) is 14.8 Å². The molecule has 220 valence electrons. The zero-order valence-electron chi connectivity index (χ0n) is 24.4. The molecule has 3 fully saturated rings. The van der Waals surface area contributed by atoms with E-state index >= 15 is 0 Å². The summed E-state index contributed by atoms with van der Waals surface area (Å²) < 4.78 is 8.23. The van der Waals surface area contributed by atoms with Crippen LogP contribution in [0.4, 0.5) is 16.6 Å². The van der Waals surface area contributed by atoms with Gasteiger partial charge in [-0.05, 0) is 62.7 Å². The summed E-state index contributed by atoms with van der Waals surface area (Å²) in [6.45, 7) is 11.9. The van der Waals surface area contributed by atoms with Crippen LogP contribution in [-0.4, -0.2) is 68.4 Å². The number of nitrogens with zero attached hydrogens (tertiary/aromatic N) is 5. The van der Waals surface area contributed by atoms with Gasteiger partial charge in [0.05, 0.1) is 19.3 Å². The molecule has 0 radical (unpaired) electrons. The van der Waals surface area contributed by atoms with E-state index in [0.29, 0.717) is 42.4 Å². The first kappa shape index (κ1) is 28.6. The standard InChI is InChI=1S/C29H46N8O3/c1-17(2)14-22-16-40-13-12-36(22)28-35-26-23(37(28)15-20-10-8-18(3)9-11-20)25(31-19(4)21-6-5-7-21)33-27(34-26)24(30)32-29(38)39/h17-22H,5-16H2,1-4H3,(H2,30,32)(H,38,39)(H,31,33,34)/t18-,19-,20-,22?/m1/s1. The maximum absolute atomic E-state index is 11.3. The van der Waals surface area contributed by atoms with Gasteiger partial charge in [0.2, 0.25) is 5.95 Å². The number of ether oxygens (including phenoxy) is 1. The second-order valence-electron chi connectivity index (χ2n) is 12.7. The molecule has 0 spiro atoms. The maximum Gasteiger partial charge on any atom is 0.410 e. The Morgan fingerprint density at radius 3 is 2.52 bits per heavy atom. The molecular weight excluding hydrogens is 508 g/mol. The Morgan fingerprint density at radius 1 is 1.12 bits per heavy atom. The number of carbonyl (C=O) groups is 1. The monoisotopic (exact) mass is 554 g/mol. The molecule has 40 heavy (non-hydrogen) atoms. The van der Waals surface area contributed by atoms with Crippen molar-refractivity contribution in [3.05, 3.63) is 5.82 Å². The number of morpholine rings is 1. The van der Waals surface area contributed by atoms with Crippen LogP contribution < -0.4 is 15.5 Å². The third-order valence-corrected chi connectivity index (χ3v) is 9.06. The largest absolute Gasteiger partial charge is 0.465 e. The Balaban J connectivity index is 1.62. The lowest BCUT2D eigenvalue weighted by Gasteiger charge is -2.38. The highest BCUT2D eigenvalue weighted by Crippen LogP contribution is 2.37. The minimum absolute atomic E-state index is 0.0293. The van der Waals surface area contributed by atoms with E-state index < -0.39 is 6.09 Å². The lowest BCUT2D eigenvalue weighted by Crippen LogP contribution is -2.47. The van der Waals surface area contributed by atoms with Crippen LogP contribution in [0.1, 0.15) is 84.9 Å². The van der Waals surface area contributed by atoms with Crippen LogP contribution in [0.25, 0.3) is 11.2 Å². The van der Waals surface area contributed by atoms with Gasteiger partial charge < -0.3 is 24.6 Å². The van der Waals surface area contributed by atoms with Crippen molar-refractivity contribution in [1.29, 1.82) is 5.41 Å². The van der Waals surface area contributed by atoms with Crippen LogP contribution in [0.2, 0.25) is 0 Å². The molecule has 2 aromatic rings. The van der Waals surface area contributed by atoms with Crippen molar-refractivity contribution in [2.75, 3.05) is 30.0 Å². The molecule has 0 bridgehead atoms. The molecule has 2 aromatic heterocycles. The van der Waals surface area contributed by atoms with Gasteiger partial charge in [-0.1, -0.05) is 40.0 Å². The minimum Gasteiger partial charge on any atom is -0.465 e. The van der Waals surface area contributed by atoms with E-state index in [2.05, 4.69) is 52.8 Å². The fraction of sp³-hybridized carbons (Fsp3) is 0.759. The van der Waals surface area contributed by atoms with Gasteiger partial charge in [0.15, 0.2) is 23.1 Å². The number of rotatable bonds is 9. The van der Waals surface area contributed by atoms with Crippen molar-refractivity contribution < 1.29 is 14.6 Å². The van der Waals surface area contributed by atoms with E-state index in [-0.39, 0.29) is 23.7 Å². The smallest absolute Gasteiger partial charge is 0.410 e. The van der Waals surface area contributed by atoms with Gasteiger partial charge in [-0.3, -0.25) is 10.7 Å². The number of anilines is 2. The minimum atomic E-state index is -1.31. The number of carboxylic acid groups (broad SMARTS) is 1. The summed E-state index contributed by atoms with van der Waals surface area (Å²) in [5.41, 5.74) is 1.35. The van der Waals surface area contributed by atoms with Crippen molar-refractivity contribution in [1.82, 2.24) is 24.8 Å². The van der Waals surface area contributed by atoms with Gasteiger partial charge in [0, 0.05) is 19.1 Å². The van der Waals surface area contributed by atoms with E-state index in [0.717, 1.165) is 36.9 Å². The summed E-state index contributed by atoms with van der Waals surface area (Å²) in [5, 5.41) is 23.3. The van der Waals surface area contributed by atoms with E-state index in [1.807, 2.05) is 0 Å². The van der Waals surface area contributed by atoms with E-state index in [1.165, 1.54) is 44.9 Å². The van der Waals surface area contributed by atoms with Gasteiger partial charge in [0.25, 0.3) is 0 Å². The lowest BCUT2D eigenvalue weighted by atomic mass is 9.80. The quantitative estimate of drug-likeness (QED) is 0.248. The molecule has 4 N–H and O–H groups in total. The molecule has 11 heteroatoms. The summed E-state index contributed by atoms with van der Waals surface area (Å²) in [4.78, 5) is 28.2. The number of hydrogen-bond donors (Lipinski definition) is 4. The second kappa shape index (κ2) is 12.3. The fourth-order valence-corrected chi connectivity index (χ4v) is 6.49. The summed E-state index contributed by atoms with van der Waals surface area (Å²) in [5.74, 6) is 3.58. The molecule has 1 aliphatic heterocycles. The Labute approximate surface area is 237 Å². The molecule has 1 unspecified atom stereocenters. The van der Waals surface area contributed by atoms with E-state index in [4.69, 9.17) is 20.1 Å². The molecule has 2 saturated carbocycles. The Bertz CT molecular complexity index is 1200. The molecule has 1 amide bonds. The highest BCUT2D eigenvalue weighted by Gasteiger charge is 2.33. The van der Waals surface area contributed by atoms with Crippen LogP contribution >= 0.6 is 0 Å². The van der Waals surface area contributed by atoms with E-state index in [9.17, 15) is 9.90 Å². The Hall–Kier alpha value is -2.95. The first-order valence-corrected chi connectivity index (χ1v) is 15.2. The van der Waals surface area contributed by atoms with Gasteiger partial charge in [-0.15, -0.1) is 0 Å². The van der Waals surface area contributed by atoms with Crippen molar-refractivity contribution in [2.45, 2.75) is 97.7 Å². The van der Waals surface area contributed by atoms with Crippen molar-refractivity contribution in [2.24, 2.45) is 23.7 Å². The van der Waals surface area contributed by atoms with Crippen molar-refractivity contribution in [3.63, 3.8) is 0 Å². The molecule has 2 atom stereocenters. The first-order chi connectivity index (χ1) is 19.2. The number of aromatic nitrogens is 4. The lowest BCUT2D eigenvalue weighted by molar-refractivity contribution is 0.0863. The topological polar surface area (TPSA) is 141 Å². The normalized spacial score (nSPS) is 24.6. The average Bonchev–Trinajstić information content (AvgIpc) is 3.22. The first-order valence-electron chi connectivity index (χ1n) is 15.2. The molecule has 3 heterocycles. The average molecular weight is 555 g/mol. The summed E-state index contributed by atoms with van der Waals surface area (Å²) in [7, 11) is 0. The Kier molecular flexibility index (Phi) is 8.77. The number of hydrogen-bond acceptors (Lipinski definition) is 8. The molecule has 2 aliphatic carbocycles.